The largest absolute Gasteiger partial charge is 0.469 e. The van der Waals surface area contributed by atoms with Crippen LogP contribution in [-0.2, 0) is 11.2 Å². The van der Waals surface area contributed by atoms with E-state index in [9.17, 15) is 9.90 Å². The molecule has 0 bridgehead atoms. The lowest BCUT2D eigenvalue weighted by molar-refractivity contribution is -0.124. The lowest BCUT2D eigenvalue weighted by Gasteiger charge is -2.18. The highest BCUT2D eigenvalue weighted by Crippen LogP contribution is 2.48. The molecule has 2 aliphatic rings. The number of aliphatic hydroxyl groups excluding tert-OH is 1. The molecular formula is C17H17NO3. The summed E-state index contributed by atoms with van der Waals surface area (Å²) in [6, 6.07) is 11.4. The molecule has 0 aliphatic heterocycles. The van der Waals surface area contributed by atoms with E-state index in [-0.39, 0.29) is 23.8 Å². The van der Waals surface area contributed by atoms with Crippen molar-refractivity contribution in [1.82, 2.24) is 5.32 Å². The van der Waals surface area contributed by atoms with Gasteiger partial charge in [0.15, 0.2) is 0 Å². The van der Waals surface area contributed by atoms with Crippen molar-refractivity contribution in [3.05, 3.63) is 59.5 Å². The zero-order valence-corrected chi connectivity index (χ0v) is 11.5. The molecule has 1 amide bonds. The van der Waals surface area contributed by atoms with Crippen molar-refractivity contribution in [2.75, 3.05) is 0 Å². The highest BCUT2D eigenvalue weighted by Gasteiger charge is 2.47. The van der Waals surface area contributed by atoms with Crippen molar-refractivity contribution in [2.45, 2.75) is 30.9 Å². The summed E-state index contributed by atoms with van der Waals surface area (Å²) in [6.07, 6.45) is 2.53. The van der Waals surface area contributed by atoms with Crippen molar-refractivity contribution in [3.63, 3.8) is 0 Å². The van der Waals surface area contributed by atoms with Crippen LogP contribution in [0.5, 0.6) is 0 Å². The minimum absolute atomic E-state index is 0.0113. The summed E-state index contributed by atoms with van der Waals surface area (Å²) in [5.74, 6) is 1.05. The molecule has 1 heterocycles. The monoisotopic (exact) mass is 283 g/mol. The van der Waals surface area contributed by atoms with Crippen LogP contribution in [0.2, 0.25) is 0 Å². The van der Waals surface area contributed by atoms with Gasteiger partial charge in [-0.15, -0.1) is 0 Å². The van der Waals surface area contributed by atoms with Gasteiger partial charge in [0.25, 0.3) is 0 Å². The fraction of sp³-hybridized carbons (Fsp3) is 0.353. The van der Waals surface area contributed by atoms with Gasteiger partial charge in [0.05, 0.1) is 18.4 Å². The molecule has 4 rings (SSSR count). The number of hydrogen-bond acceptors (Lipinski definition) is 3. The molecule has 2 aliphatic carbocycles. The molecule has 21 heavy (non-hydrogen) atoms. The number of hydrogen-bond donors (Lipinski definition) is 2. The number of nitrogens with one attached hydrogen (secondary N) is 1. The third kappa shape index (κ3) is 2.16. The maximum Gasteiger partial charge on any atom is 0.224 e. The molecule has 4 nitrogen and oxygen atoms in total. The van der Waals surface area contributed by atoms with Gasteiger partial charge in [0, 0.05) is 18.3 Å². The summed E-state index contributed by atoms with van der Waals surface area (Å²) in [6.45, 7) is 0. The first-order valence-electron chi connectivity index (χ1n) is 7.33. The summed E-state index contributed by atoms with van der Waals surface area (Å²) in [5, 5.41) is 13.2. The number of carbonyl (C=O) groups excluding carboxylic acids is 1. The molecule has 4 heteroatoms. The highest BCUT2D eigenvalue weighted by atomic mass is 16.3. The number of aliphatic hydroxyl groups is 1. The molecule has 0 radical (unpaired) electrons. The molecule has 2 N–H and O–H groups in total. The minimum Gasteiger partial charge on any atom is -0.469 e. The molecule has 0 saturated heterocycles. The summed E-state index contributed by atoms with van der Waals surface area (Å²) in [5.41, 5.74) is 2.15. The van der Waals surface area contributed by atoms with Gasteiger partial charge in [-0.25, -0.2) is 0 Å². The summed E-state index contributed by atoms with van der Waals surface area (Å²) < 4.78 is 5.36. The molecular weight excluding hydrogens is 266 g/mol. The molecule has 4 atom stereocenters. The normalized spacial score (nSPS) is 30.0. The Bertz CT molecular complexity index is 664. The van der Waals surface area contributed by atoms with Gasteiger partial charge in [-0.05, 0) is 29.7 Å². The number of fused-ring (bicyclic) bond motifs is 1. The molecule has 108 valence electrons. The predicted molar refractivity (Wildman–Crippen MR) is 76.6 cm³/mol. The summed E-state index contributed by atoms with van der Waals surface area (Å²) in [7, 11) is 0. The van der Waals surface area contributed by atoms with E-state index in [2.05, 4.69) is 5.32 Å². The van der Waals surface area contributed by atoms with Crippen LogP contribution >= 0.6 is 0 Å². The second kappa shape index (κ2) is 4.74. The van der Waals surface area contributed by atoms with Crippen LogP contribution in [-0.4, -0.2) is 17.1 Å². The molecule has 1 aromatic heterocycles. The standard InChI is InChI=1S/C17H17NO3/c19-14-8-10-4-1-2-5-11(10)16(14)18-17(20)13-9-12(13)15-6-3-7-21-15/h1-7,12-14,16,19H,8-9H2,(H,18,20)/t12-,13-,14-,16+/m0/s1. The van der Waals surface area contributed by atoms with E-state index >= 15 is 0 Å². The van der Waals surface area contributed by atoms with Crippen LogP contribution in [0.1, 0.15) is 35.3 Å². The van der Waals surface area contributed by atoms with Crippen molar-refractivity contribution in [2.24, 2.45) is 5.92 Å². The predicted octanol–water partition coefficient (Wildman–Crippen LogP) is 2.16. The SMILES string of the molecule is O=C(N[C@@H]1c2ccccc2C[C@@H]1O)[C@H]1C[C@@H]1c1ccco1. The lowest BCUT2D eigenvalue weighted by atomic mass is 10.1. The Morgan fingerprint density at radius 1 is 1.24 bits per heavy atom. The van der Waals surface area contributed by atoms with Crippen LogP contribution in [0.25, 0.3) is 0 Å². The van der Waals surface area contributed by atoms with Crippen molar-refractivity contribution >= 4 is 5.91 Å². The van der Waals surface area contributed by atoms with Gasteiger partial charge >= 0.3 is 0 Å². The van der Waals surface area contributed by atoms with Gasteiger partial charge < -0.3 is 14.8 Å². The molecule has 1 saturated carbocycles. The summed E-state index contributed by atoms with van der Waals surface area (Å²) in [4.78, 5) is 12.4. The first kappa shape index (κ1) is 12.7. The molecule has 1 aromatic carbocycles. The maximum absolute atomic E-state index is 12.4. The fourth-order valence-corrected chi connectivity index (χ4v) is 3.31. The Balaban J connectivity index is 1.46. The van der Waals surface area contributed by atoms with Gasteiger partial charge in [-0.2, -0.15) is 0 Å². The molecule has 2 aromatic rings. The first-order valence-corrected chi connectivity index (χ1v) is 7.33. The van der Waals surface area contributed by atoms with Crippen LogP contribution in [0.4, 0.5) is 0 Å². The molecule has 0 spiro atoms. The smallest absolute Gasteiger partial charge is 0.224 e. The fourth-order valence-electron chi connectivity index (χ4n) is 3.31. The average Bonchev–Trinajstić information content (AvgIpc) is 2.97. The van der Waals surface area contributed by atoms with Gasteiger partial charge in [-0.3, -0.25) is 4.79 Å². The average molecular weight is 283 g/mol. The minimum atomic E-state index is -0.535. The van der Waals surface area contributed by atoms with Crippen LogP contribution in [0.15, 0.2) is 47.1 Å². The number of rotatable bonds is 3. The van der Waals surface area contributed by atoms with E-state index in [0.29, 0.717) is 6.42 Å². The number of benzene rings is 1. The third-order valence-electron chi connectivity index (χ3n) is 4.54. The summed E-state index contributed by atoms with van der Waals surface area (Å²) >= 11 is 0. The van der Waals surface area contributed by atoms with Crippen LogP contribution in [0, 0.1) is 5.92 Å². The Labute approximate surface area is 122 Å². The number of amides is 1. The van der Waals surface area contributed by atoms with Gasteiger partial charge in [0.1, 0.15) is 5.76 Å². The van der Waals surface area contributed by atoms with E-state index in [1.54, 1.807) is 6.26 Å². The zero-order valence-electron chi connectivity index (χ0n) is 11.5. The molecule has 1 fully saturated rings. The topological polar surface area (TPSA) is 62.5 Å². The van der Waals surface area contributed by atoms with Crippen LogP contribution < -0.4 is 5.32 Å². The first-order chi connectivity index (χ1) is 10.2. The maximum atomic E-state index is 12.4. The Kier molecular flexibility index (Phi) is 2.86. The number of furan rings is 1. The van der Waals surface area contributed by atoms with Crippen molar-refractivity contribution in [1.29, 1.82) is 0 Å². The van der Waals surface area contributed by atoms with E-state index in [1.165, 1.54) is 0 Å². The van der Waals surface area contributed by atoms with Crippen molar-refractivity contribution in [3.8, 4) is 0 Å². The third-order valence-corrected chi connectivity index (χ3v) is 4.54. The van der Waals surface area contributed by atoms with E-state index in [1.807, 2.05) is 36.4 Å². The second-order valence-electron chi connectivity index (χ2n) is 5.92. The van der Waals surface area contributed by atoms with E-state index in [0.717, 1.165) is 23.3 Å². The van der Waals surface area contributed by atoms with E-state index in [4.69, 9.17) is 4.42 Å². The second-order valence-corrected chi connectivity index (χ2v) is 5.92. The van der Waals surface area contributed by atoms with Crippen LogP contribution in [0.3, 0.4) is 0 Å². The highest BCUT2D eigenvalue weighted by molar-refractivity contribution is 5.83. The van der Waals surface area contributed by atoms with E-state index < -0.39 is 6.10 Å². The lowest BCUT2D eigenvalue weighted by Crippen LogP contribution is -2.35. The Morgan fingerprint density at radius 3 is 2.90 bits per heavy atom. The zero-order chi connectivity index (χ0) is 14.4. The van der Waals surface area contributed by atoms with Gasteiger partial charge in [-0.1, -0.05) is 24.3 Å². The quantitative estimate of drug-likeness (QED) is 0.907. The van der Waals surface area contributed by atoms with Gasteiger partial charge in [0.2, 0.25) is 5.91 Å². The number of carbonyl (C=O) groups is 1. The Hall–Kier alpha value is -2.07. The Morgan fingerprint density at radius 2 is 2.10 bits per heavy atom. The van der Waals surface area contributed by atoms with Crippen molar-refractivity contribution < 1.29 is 14.3 Å². The molecule has 0 unspecified atom stereocenters.